The second-order valence-corrected chi connectivity index (χ2v) is 6.04. The number of benzene rings is 2. The highest BCUT2D eigenvalue weighted by atomic mass is 15.2. The number of aromatic nitrogens is 4. The zero-order valence-corrected chi connectivity index (χ0v) is 13.3. The molecule has 2 aromatic carbocycles. The van der Waals surface area contributed by atoms with Crippen LogP contribution in [-0.2, 0) is 0 Å². The summed E-state index contributed by atoms with van der Waals surface area (Å²) in [5.74, 6) is 0.535. The first kappa shape index (κ1) is 13.8. The predicted octanol–water partition coefficient (Wildman–Crippen LogP) is 4.36. The number of aromatic amines is 2. The molecule has 0 saturated heterocycles. The van der Waals surface area contributed by atoms with E-state index in [-0.39, 0.29) is 0 Å². The van der Waals surface area contributed by atoms with E-state index in [1.807, 2.05) is 24.4 Å². The molecule has 0 unspecified atom stereocenters. The normalized spacial score (nSPS) is 11.4. The third kappa shape index (κ3) is 2.17. The van der Waals surface area contributed by atoms with Crippen LogP contribution >= 0.6 is 0 Å². The van der Waals surface area contributed by atoms with Gasteiger partial charge >= 0.3 is 0 Å². The van der Waals surface area contributed by atoms with Crippen molar-refractivity contribution in [1.29, 1.82) is 0 Å². The first-order chi connectivity index (χ1) is 12.3. The average Bonchev–Trinajstić information content (AvgIpc) is 3.28. The van der Waals surface area contributed by atoms with Crippen LogP contribution in [0.1, 0.15) is 0 Å². The third-order valence-electron chi connectivity index (χ3n) is 4.49. The molecule has 5 nitrogen and oxygen atoms in total. The topological polar surface area (TPSA) is 83.4 Å². The SMILES string of the molecule is Nc1[nH]nc2nc(-c3ccc4cc[nH]c4c3)cc(-c3ccccc3)c12. The fourth-order valence-corrected chi connectivity index (χ4v) is 3.25. The van der Waals surface area contributed by atoms with Crippen molar-refractivity contribution < 1.29 is 0 Å². The van der Waals surface area contributed by atoms with Gasteiger partial charge in [-0.1, -0.05) is 42.5 Å². The van der Waals surface area contributed by atoms with Gasteiger partial charge in [0.25, 0.3) is 0 Å². The van der Waals surface area contributed by atoms with E-state index in [4.69, 9.17) is 10.7 Å². The molecule has 4 N–H and O–H groups in total. The Hall–Kier alpha value is -3.60. The highest BCUT2D eigenvalue weighted by Crippen LogP contribution is 2.34. The van der Waals surface area contributed by atoms with Crippen LogP contribution in [0.3, 0.4) is 0 Å². The minimum absolute atomic E-state index is 0.535. The van der Waals surface area contributed by atoms with Crippen molar-refractivity contribution in [3.8, 4) is 22.4 Å². The van der Waals surface area contributed by atoms with Crippen LogP contribution in [0, 0.1) is 0 Å². The standard InChI is InChI=1S/C20H15N5/c21-19-18-15(12-4-2-1-3-5-12)11-17(23-20(18)25-24-19)14-7-6-13-8-9-22-16(13)10-14/h1-11,22H,(H3,21,23,24,25). The Bertz CT molecular complexity index is 1200. The van der Waals surface area contributed by atoms with E-state index in [1.54, 1.807) is 0 Å². The molecule has 5 rings (SSSR count). The smallest absolute Gasteiger partial charge is 0.184 e. The molecule has 120 valence electrons. The molecule has 25 heavy (non-hydrogen) atoms. The Morgan fingerprint density at radius 1 is 0.880 bits per heavy atom. The molecule has 5 heteroatoms. The number of nitrogens with one attached hydrogen (secondary N) is 2. The van der Waals surface area contributed by atoms with Crippen LogP contribution in [0.2, 0.25) is 0 Å². The number of nitrogens with zero attached hydrogens (tertiary/aromatic N) is 2. The number of hydrogen-bond donors (Lipinski definition) is 3. The lowest BCUT2D eigenvalue weighted by Crippen LogP contribution is -1.91. The lowest BCUT2D eigenvalue weighted by atomic mass is 10.00. The molecular formula is C20H15N5. The second kappa shape index (κ2) is 5.21. The summed E-state index contributed by atoms with van der Waals surface area (Å²) < 4.78 is 0. The summed E-state index contributed by atoms with van der Waals surface area (Å²) in [5, 5.41) is 9.16. The molecule has 0 aliphatic carbocycles. The summed E-state index contributed by atoms with van der Waals surface area (Å²) in [7, 11) is 0. The Labute approximate surface area is 143 Å². The van der Waals surface area contributed by atoms with Crippen molar-refractivity contribution >= 4 is 27.8 Å². The monoisotopic (exact) mass is 325 g/mol. The predicted molar refractivity (Wildman–Crippen MR) is 101 cm³/mol. The van der Waals surface area contributed by atoms with E-state index in [0.29, 0.717) is 11.5 Å². The Balaban J connectivity index is 1.79. The summed E-state index contributed by atoms with van der Waals surface area (Å²) in [6.07, 6.45) is 1.94. The number of pyridine rings is 1. The molecule has 0 saturated carbocycles. The molecule has 3 aromatic heterocycles. The number of rotatable bonds is 2. The Morgan fingerprint density at radius 3 is 2.64 bits per heavy atom. The van der Waals surface area contributed by atoms with Crippen LogP contribution in [0.4, 0.5) is 5.82 Å². The molecule has 0 amide bonds. The molecule has 0 bridgehead atoms. The zero-order chi connectivity index (χ0) is 16.8. The molecule has 3 heterocycles. The highest BCUT2D eigenvalue weighted by molar-refractivity contribution is 6.01. The van der Waals surface area contributed by atoms with Gasteiger partial charge in [0, 0.05) is 17.3 Å². The van der Waals surface area contributed by atoms with Gasteiger partial charge in [-0.2, -0.15) is 5.10 Å². The summed E-state index contributed by atoms with van der Waals surface area (Å²) in [6.45, 7) is 0. The number of nitrogen functional groups attached to an aromatic ring is 1. The zero-order valence-electron chi connectivity index (χ0n) is 13.3. The lowest BCUT2D eigenvalue weighted by molar-refractivity contribution is 1.11. The van der Waals surface area contributed by atoms with E-state index < -0.39 is 0 Å². The van der Waals surface area contributed by atoms with E-state index in [1.165, 1.54) is 5.39 Å². The molecule has 0 spiro atoms. The number of nitrogens with two attached hydrogens (primary N) is 1. The van der Waals surface area contributed by atoms with Gasteiger partial charge in [-0.25, -0.2) is 4.98 Å². The number of H-pyrrole nitrogens is 2. The van der Waals surface area contributed by atoms with E-state index in [9.17, 15) is 0 Å². The van der Waals surface area contributed by atoms with Crippen LogP contribution in [0.15, 0.2) is 66.9 Å². The van der Waals surface area contributed by atoms with Gasteiger partial charge in [-0.15, -0.1) is 0 Å². The number of hydrogen-bond acceptors (Lipinski definition) is 3. The van der Waals surface area contributed by atoms with E-state index in [2.05, 4.69) is 57.6 Å². The van der Waals surface area contributed by atoms with Crippen molar-refractivity contribution in [3.05, 3.63) is 66.9 Å². The van der Waals surface area contributed by atoms with Crippen molar-refractivity contribution in [2.24, 2.45) is 0 Å². The largest absolute Gasteiger partial charge is 0.383 e. The highest BCUT2D eigenvalue weighted by Gasteiger charge is 2.14. The van der Waals surface area contributed by atoms with E-state index in [0.717, 1.165) is 33.3 Å². The molecule has 0 fully saturated rings. The minimum atomic E-state index is 0.535. The van der Waals surface area contributed by atoms with Crippen molar-refractivity contribution in [1.82, 2.24) is 20.2 Å². The number of fused-ring (bicyclic) bond motifs is 2. The molecule has 0 aliphatic heterocycles. The first-order valence-corrected chi connectivity index (χ1v) is 8.07. The first-order valence-electron chi connectivity index (χ1n) is 8.07. The van der Waals surface area contributed by atoms with E-state index >= 15 is 0 Å². The summed E-state index contributed by atoms with van der Waals surface area (Å²) in [4.78, 5) is 7.96. The van der Waals surface area contributed by atoms with Crippen molar-refractivity contribution in [2.45, 2.75) is 0 Å². The number of anilines is 1. The average molecular weight is 325 g/mol. The molecule has 0 atom stereocenters. The maximum atomic E-state index is 6.10. The van der Waals surface area contributed by atoms with Crippen LogP contribution in [-0.4, -0.2) is 20.2 Å². The van der Waals surface area contributed by atoms with Gasteiger partial charge in [0.15, 0.2) is 5.65 Å². The van der Waals surface area contributed by atoms with Gasteiger partial charge in [0.1, 0.15) is 5.82 Å². The fraction of sp³-hybridized carbons (Fsp3) is 0. The lowest BCUT2D eigenvalue weighted by Gasteiger charge is -2.08. The molecular weight excluding hydrogens is 310 g/mol. The second-order valence-electron chi connectivity index (χ2n) is 6.04. The quantitative estimate of drug-likeness (QED) is 0.451. The Kier molecular flexibility index (Phi) is 2.87. The summed E-state index contributed by atoms with van der Waals surface area (Å²) in [5.41, 5.74) is 11.8. The van der Waals surface area contributed by atoms with Crippen LogP contribution in [0.5, 0.6) is 0 Å². The third-order valence-corrected chi connectivity index (χ3v) is 4.49. The molecule has 0 radical (unpaired) electrons. The van der Waals surface area contributed by atoms with Crippen molar-refractivity contribution in [3.63, 3.8) is 0 Å². The maximum Gasteiger partial charge on any atom is 0.184 e. The van der Waals surface area contributed by atoms with Crippen LogP contribution < -0.4 is 5.73 Å². The summed E-state index contributed by atoms with van der Waals surface area (Å²) in [6, 6.07) is 20.6. The minimum Gasteiger partial charge on any atom is -0.383 e. The fourth-order valence-electron chi connectivity index (χ4n) is 3.25. The Morgan fingerprint density at radius 2 is 1.76 bits per heavy atom. The van der Waals surface area contributed by atoms with Gasteiger partial charge < -0.3 is 10.7 Å². The van der Waals surface area contributed by atoms with Gasteiger partial charge in [-0.05, 0) is 34.7 Å². The van der Waals surface area contributed by atoms with Gasteiger partial charge in [0.05, 0.1) is 11.1 Å². The molecule has 5 aromatic rings. The van der Waals surface area contributed by atoms with Gasteiger partial charge in [-0.3, -0.25) is 5.10 Å². The van der Waals surface area contributed by atoms with Crippen LogP contribution in [0.25, 0.3) is 44.3 Å². The summed E-state index contributed by atoms with van der Waals surface area (Å²) >= 11 is 0. The van der Waals surface area contributed by atoms with Gasteiger partial charge in [0.2, 0.25) is 0 Å². The van der Waals surface area contributed by atoms with Crippen molar-refractivity contribution in [2.75, 3.05) is 5.73 Å². The molecule has 0 aliphatic rings. The maximum absolute atomic E-state index is 6.10.